The SMILES string of the molecule is Cc1c(-c2cc3cc(NC(=O)NC4CC(F)C4)ncc3c(N)c2F)cnc2c1NCCC2. The summed E-state index contributed by atoms with van der Waals surface area (Å²) in [7, 11) is 0. The molecule has 7 nitrogen and oxygen atoms in total. The smallest absolute Gasteiger partial charge is 0.320 e. The molecule has 9 heteroatoms. The van der Waals surface area contributed by atoms with Gasteiger partial charge >= 0.3 is 6.03 Å². The van der Waals surface area contributed by atoms with Crippen molar-refractivity contribution in [2.75, 3.05) is 22.9 Å². The quantitative estimate of drug-likeness (QED) is 0.456. The molecule has 0 atom stereocenters. The molecule has 1 aromatic carbocycles. The fourth-order valence-electron chi connectivity index (χ4n) is 4.39. The molecular weight excluding hydrogens is 414 g/mol. The second kappa shape index (κ2) is 7.89. The maximum atomic E-state index is 15.2. The van der Waals surface area contributed by atoms with E-state index >= 15 is 4.39 Å². The number of aromatic nitrogens is 2. The van der Waals surface area contributed by atoms with Crippen molar-refractivity contribution in [3.05, 3.63) is 41.6 Å². The lowest BCUT2D eigenvalue weighted by atomic mass is 9.91. The van der Waals surface area contributed by atoms with Gasteiger partial charge in [-0.1, -0.05) is 0 Å². The highest BCUT2D eigenvalue weighted by molar-refractivity contribution is 5.99. The van der Waals surface area contributed by atoms with E-state index in [-0.39, 0.29) is 11.7 Å². The number of nitrogen functional groups attached to an aromatic ring is 1. The van der Waals surface area contributed by atoms with Gasteiger partial charge in [0.2, 0.25) is 0 Å². The average Bonchev–Trinajstić information content (AvgIpc) is 2.76. The third-order valence-corrected chi connectivity index (χ3v) is 6.26. The molecule has 3 heterocycles. The lowest BCUT2D eigenvalue weighted by molar-refractivity contribution is 0.159. The summed E-state index contributed by atoms with van der Waals surface area (Å²) in [5.41, 5.74) is 9.98. The lowest BCUT2D eigenvalue weighted by Gasteiger charge is -2.30. The number of pyridine rings is 2. The molecule has 166 valence electrons. The molecule has 0 saturated heterocycles. The molecule has 5 N–H and O–H groups in total. The molecule has 1 aliphatic heterocycles. The Labute approximate surface area is 183 Å². The van der Waals surface area contributed by atoms with Crippen LogP contribution in [0.25, 0.3) is 21.9 Å². The number of anilines is 3. The highest BCUT2D eigenvalue weighted by Crippen LogP contribution is 2.38. The van der Waals surface area contributed by atoms with Gasteiger partial charge in [0.25, 0.3) is 0 Å². The number of hydrogen-bond donors (Lipinski definition) is 4. The monoisotopic (exact) mass is 438 g/mol. The summed E-state index contributed by atoms with van der Waals surface area (Å²) in [5, 5.41) is 9.82. The van der Waals surface area contributed by atoms with Gasteiger partial charge in [0, 0.05) is 41.5 Å². The fourth-order valence-corrected chi connectivity index (χ4v) is 4.39. The predicted molar refractivity (Wildman–Crippen MR) is 121 cm³/mol. The van der Waals surface area contributed by atoms with E-state index in [2.05, 4.69) is 25.9 Å². The van der Waals surface area contributed by atoms with Crippen LogP contribution < -0.4 is 21.7 Å². The van der Waals surface area contributed by atoms with E-state index < -0.39 is 18.0 Å². The highest BCUT2D eigenvalue weighted by Gasteiger charge is 2.30. The molecule has 2 aromatic heterocycles. The van der Waals surface area contributed by atoms with E-state index in [1.807, 2.05) is 6.92 Å². The summed E-state index contributed by atoms with van der Waals surface area (Å²) < 4.78 is 28.2. The van der Waals surface area contributed by atoms with Crippen LogP contribution in [0.1, 0.15) is 30.5 Å². The van der Waals surface area contributed by atoms with Crippen molar-refractivity contribution in [2.24, 2.45) is 0 Å². The van der Waals surface area contributed by atoms with Crippen molar-refractivity contribution >= 4 is 34.0 Å². The van der Waals surface area contributed by atoms with Crippen molar-refractivity contribution in [1.82, 2.24) is 15.3 Å². The first-order chi connectivity index (χ1) is 15.4. The van der Waals surface area contributed by atoms with Gasteiger partial charge in [0.1, 0.15) is 12.0 Å². The average molecular weight is 438 g/mol. The molecule has 2 amide bonds. The number of benzene rings is 1. The zero-order chi connectivity index (χ0) is 22.4. The number of rotatable bonds is 3. The number of urea groups is 1. The van der Waals surface area contributed by atoms with E-state index in [0.29, 0.717) is 40.6 Å². The van der Waals surface area contributed by atoms with E-state index in [1.165, 1.54) is 6.20 Å². The number of aryl methyl sites for hydroxylation is 1. The van der Waals surface area contributed by atoms with Gasteiger partial charge in [-0.25, -0.2) is 18.6 Å². The zero-order valence-corrected chi connectivity index (χ0v) is 17.6. The molecule has 0 unspecified atom stereocenters. The van der Waals surface area contributed by atoms with E-state index in [1.54, 1.807) is 18.3 Å². The summed E-state index contributed by atoms with van der Waals surface area (Å²) in [6.45, 7) is 2.80. The minimum atomic E-state index is -0.855. The Morgan fingerprint density at radius 2 is 2.03 bits per heavy atom. The molecule has 2 aliphatic rings. The third kappa shape index (κ3) is 3.57. The zero-order valence-electron chi connectivity index (χ0n) is 17.6. The molecule has 0 bridgehead atoms. The largest absolute Gasteiger partial charge is 0.396 e. The normalized spacial score (nSPS) is 19.6. The van der Waals surface area contributed by atoms with Crippen molar-refractivity contribution in [3.8, 4) is 11.1 Å². The van der Waals surface area contributed by atoms with E-state index in [9.17, 15) is 9.18 Å². The minimum Gasteiger partial charge on any atom is -0.396 e. The topological polar surface area (TPSA) is 105 Å². The number of amides is 2. The Hall–Kier alpha value is -3.49. The van der Waals surface area contributed by atoms with Crippen LogP contribution in [0, 0.1) is 12.7 Å². The second-order valence-corrected chi connectivity index (χ2v) is 8.46. The Kier molecular flexibility index (Phi) is 5.03. The second-order valence-electron chi connectivity index (χ2n) is 8.46. The van der Waals surface area contributed by atoms with Crippen molar-refractivity contribution in [3.63, 3.8) is 0 Å². The van der Waals surface area contributed by atoms with Gasteiger partial charge in [0.05, 0.1) is 17.1 Å². The summed E-state index contributed by atoms with van der Waals surface area (Å²) in [5.74, 6) is -0.228. The predicted octanol–water partition coefficient (Wildman–Crippen LogP) is 4.31. The van der Waals surface area contributed by atoms with Gasteiger partial charge in [-0.05, 0) is 55.7 Å². The standard InChI is InChI=1S/C23H24F2N6O/c1-11-16(9-28-18-3-2-4-27-22(11)18)15-5-12-6-19(29-10-17(12)21(26)20(15)25)31-23(32)30-14-7-13(24)8-14/h5-6,9-10,13-14,27H,2-4,7-8,26H2,1H3,(H2,29,30,31,32). The molecular formula is C23H24F2N6O. The van der Waals surface area contributed by atoms with E-state index in [4.69, 9.17) is 5.73 Å². The van der Waals surface area contributed by atoms with Crippen LogP contribution in [0.15, 0.2) is 24.5 Å². The number of carbonyl (C=O) groups is 1. The Bertz CT molecular complexity index is 1230. The van der Waals surface area contributed by atoms with Crippen LogP contribution >= 0.6 is 0 Å². The molecule has 1 aliphatic carbocycles. The Morgan fingerprint density at radius 1 is 1.22 bits per heavy atom. The maximum Gasteiger partial charge on any atom is 0.320 e. The number of halogens is 2. The number of nitrogens with two attached hydrogens (primary N) is 1. The van der Waals surface area contributed by atoms with Gasteiger partial charge in [-0.3, -0.25) is 10.3 Å². The number of nitrogens with one attached hydrogen (secondary N) is 3. The van der Waals surface area contributed by atoms with Crippen LogP contribution in [0.3, 0.4) is 0 Å². The van der Waals surface area contributed by atoms with Gasteiger partial charge < -0.3 is 16.4 Å². The van der Waals surface area contributed by atoms with Crippen LogP contribution in [-0.2, 0) is 6.42 Å². The van der Waals surface area contributed by atoms with Crippen molar-refractivity contribution < 1.29 is 13.6 Å². The molecule has 0 spiro atoms. The first-order valence-electron chi connectivity index (χ1n) is 10.7. The van der Waals surface area contributed by atoms with Gasteiger partial charge in [0.15, 0.2) is 5.82 Å². The molecule has 0 radical (unpaired) electrons. The summed E-state index contributed by atoms with van der Waals surface area (Å²) in [4.78, 5) is 20.9. The van der Waals surface area contributed by atoms with E-state index in [0.717, 1.165) is 36.3 Å². The number of hydrogen-bond acceptors (Lipinski definition) is 5. The summed E-state index contributed by atoms with van der Waals surface area (Å²) in [6, 6.07) is 2.72. The van der Waals surface area contributed by atoms with Crippen molar-refractivity contribution in [1.29, 1.82) is 0 Å². The lowest BCUT2D eigenvalue weighted by Crippen LogP contribution is -2.46. The first kappa shape index (κ1) is 20.4. The Balaban J connectivity index is 1.49. The Morgan fingerprint density at radius 3 is 2.81 bits per heavy atom. The van der Waals surface area contributed by atoms with Crippen LogP contribution in [0.2, 0.25) is 0 Å². The molecule has 5 rings (SSSR count). The van der Waals surface area contributed by atoms with Crippen LogP contribution in [-0.4, -0.2) is 34.8 Å². The molecule has 1 fully saturated rings. The maximum absolute atomic E-state index is 15.2. The van der Waals surface area contributed by atoms with Crippen LogP contribution in [0.5, 0.6) is 0 Å². The van der Waals surface area contributed by atoms with Crippen molar-refractivity contribution in [2.45, 2.75) is 44.8 Å². The fraction of sp³-hybridized carbons (Fsp3) is 0.348. The number of fused-ring (bicyclic) bond motifs is 2. The van der Waals surface area contributed by atoms with Crippen LogP contribution in [0.4, 0.5) is 30.8 Å². The molecule has 3 aromatic rings. The number of carbonyl (C=O) groups excluding carboxylic acids is 1. The molecule has 1 saturated carbocycles. The highest BCUT2D eigenvalue weighted by atomic mass is 19.1. The third-order valence-electron chi connectivity index (χ3n) is 6.26. The summed E-state index contributed by atoms with van der Waals surface area (Å²) >= 11 is 0. The number of nitrogens with zero attached hydrogens (tertiary/aromatic N) is 2. The number of alkyl halides is 1. The minimum absolute atomic E-state index is 0.00506. The van der Waals surface area contributed by atoms with Gasteiger partial charge in [-0.2, -0.15) is 0 Å². The first-order valence-corrected chi connectivity index (χ1v) is 10.7. The van der Waals surface area contributed by atoms with Gasteiger partial charge in [-0.15, -0.1) is 0 Å². The summed E-state index contributed by atoms with van der Waals surface area (Å²) in [6.07, 6.45) is 4.82. The molecule has 32 heavy (non-hydrogen) atoms.